The molecule has 2 heterocycles. The van der Waals surface area contributed by atoms with E-state index in [0.717, 1.165) is 0 Å². The Morgan fingerprint density at radius 1 is 1.25 bits per heavy atom. The molecule has 0 spiro atoms. The minimum atomic E-state index is -3.77. The van der Waals surface area contributed by atoms with Gasteiger partial charge in [0.25, 0.3) is 5.91 Å². The number of benzene rings is 1. The van der Waals surface area contributed by atoms with Gasteiger partial charge in [-0.25, -0.2) is 16.8 Å². The Hall–Kier alpha value is -1.49. The molecule has 0 bridgehead atoms. The molecule has 2 fully saturated rings. The summed E-state index contributed by atoms with van der Waals surface area (Å²) in [7, 11) is -6.93. The third-order valence-electron chi connectivity index (χ3n) is 5.04. The molecular weight excluding hydrogens is 404 g/mol. The van der Waals surface area contributed by atoms with Crippen molar-refractivity contribution in [1.82, 2.24) is 9.62 Å². The third kappa shape index (κ3) is 4.56. The van der Waals surface area contributed by atoms with E-state index in [9.17, 15) is 21.6 Å². The van der Waals surface area contributed by atoms with Gasteiger partial charge in [0, 0.05) is 18.7 Å². The largest absolute Gasteiger partial charge is 0.373 e. The minimum absolute atomic E-state index is 0.0330. The van der Waals surface area contributed by atoms with Crippen LogP contribution in [0.15, 0.2) is 29.2 Å². The van der Waals surface area contributed by atoms with Crippen molar-refractivity contribution >= 4 is 25.8 Å². The van der Waals surface area contributed by atoms with Gasteiger partial charge in [-0.15, -0.1) is 0 Å². The first kappa shape index (κ1) is 21.2. The molecule has 156 valence electrons. The zero-order valence-corrected chi connectivity index (χ0v) is 17.8. The van der Waals surface area contributed by atoms with Crippen molar-refractivity contribution in [2.24, 2.45) is 0 Å². The number of hydrogen-bond acceptors (Lipinski definition) is 6. The molecule has 8 nitrogen and oxygen atoms in total. The smallest absolute Gasteiger partial charge is 0.251 e. The second kappa shape index (κ2) is 7.40. The van der Waals surface area contributed by atoms with Crippen molar-refractivity contribution in [3.8, 4) is 0 Å². The molecule has 1 aromatic carbocycles. The Bertz CT molecular complexity index is 966. The average molecular weight is 431 g/mol. The van der Waals surface area contributed by atoms with Crippen LogP contribution in [0.4, 0.5) is 0 Å². The number of carbonyl (C=O) groups excluding carboxylic acids is 1. The molecule has 0 aliphatic carbocycles. The first-order valence-electron chi connectivity index (χ1n) is 9.19. The lowest BCUT2D eigenvalue weighted by Gasteiger charge is -2.34. The van der Waals surface area contributed by atoms with Gasteiger partial charge in [-0.2, -0.15) is 4.31 Å². The highest BCUT2D eigenvalue weighted by molar-refractivity contribution is 7.91. The van der Waals surface area contributed by atoms with Crippen LogP contribution in [-0.2, 0) is 24.6 Å². The molecule has 28 heavy (non-hydrogen) atoms. The Balaban J connectivity index is 1.81. The third-order valence-corrected chi connectivity index (χ3v) is 8.77. The van der Waals surface area contributed by atoms with E-state index < -0.39 is 31.3 Å². The fourth-order valence-corrected chi connectivity index (χ4v) is 7.46. The Morgan fingerprint density at radius 2 is 1.89 bits per heavy atom. The van der Waals surface area contributed by atoms with Crippen molar-refractivity contribution in [3.63, 3.8) is 0 Å². The van der Waals surface area contributed by atoms with Crippen molar-refractivity contribution in [1.29, 1.82) is 0 Å². The predicted octanol–water partition coefficient (Wildman–Crippen LogP) is 0.792. The summed E-state index contributed by atoms with van der Waals surface area (Å²) in [6.07, 6.45) is -0.0913. The van der Waals surface area contributed by atoms with E-state index in [1.807, 2.05) is 13.8 Å². The second-order valence-corrected chi connectivity index (χ2v) is 12.1. The fourth-order valence-electron chi connectivity index (χ4n) is 3.73. The van der Waals surface area contributed by atoms with Gasteiger partial charge in [0.05, 0.1) is 34.1 Å². The second-order valence-electron chi connectivity index (χ2n) is 7.96. The molecule has 3 unspecified atom stereocenters. The molecule has 10 heteroatoms. The highest BCUT2D eigenvalue weighted by Crippen LogP contribution is 2.25. The number of sulfonamides is 1. The highest BCUT2D eigenvalue weighted by atomic mass is 32.2. The van der Waals surface area contributed by atoms with Crippen LogP contribution in [0.3, 0.4) is 0 Å². The Morgan fingerprint density at radius 3 is 2.46 bits per heavy atom. The summed E-state index contributed by atoms with van der Waals surface area (Å²) in [6.45, 7) is 5.82. The number of ether oxygens (including phenoxy) is 1. The number of nitrogens with zero attached hydrogens (tertiary/aromatic N) is 1. The van der Waals surface area contributed by atoms with E-state index in [-0.39, 0.29) is 47.3 Å². The Labute approximate surface area is 166 Å². The van der Waals surface area contributed by atoms with E-state index in [4.69, 9.17) is 4.74 Å². The van der Waals surface area contributed by atoms with Crippen LogP contribution in [0.25, 0.3) is 0 Å². The van der Waals surface area contributed by atoms with E-state index in [1.165, 1.54) is 28.6 Å². The van der Waals surface area contributed by atoms with Gasteiger partial charge in [-0.05, 0) is 45.4 Å². The standard InChI is InChI=1S/C18H26N2O6S2/c1-13-10-20(11-14(2)26-13)28(24,25)16-6-4-5-15(9-16)17(21)19-18(3)7-8-27(22,23)12-18/h4-6,9,13-14H,7-8,10-12H2,1-3H3,(H,19,21). The quantitative estimate of drug-likeness (QED) is 0.756. The molecule has 0 saturated carbocycles. The zero-order chi connectivity index (χ0) is 20.7. The topological polar surface area (TPSA) is 110 Å². The van der Waals surface area contributed by atoms with Crippen LogP contribution in [0, 0.1) is 0 Å². The number of nitrogens with one attached hydrogen (secondary N) is 1. The van der Waals surface area contributed by atoms with Crippen LogP contribution >= 0.6 is 0 Å². The molecule has 2 aliphatic heterocycles. The minimum Gasteiger partial charge on any atom is -0.373 e. The summed E-state index contributed by atoms with van der Waals surface area (Å²) in [5.41, 5.74) is -0.666. The number of amides is 1. The maximum atomic E-state index is 13.0. The molecule has 3 rings (SSSR count). The number of sulfone groups is 1. The van der Waals surface area contributed by atoms with Crippen LogP contribution in [0.5, 0.6) is 0 Å². The van der Waals surface area contributed by atoms with Crippen LogP contribution in [0.1, 0.15) is 37.6 Å². The van der Waals surface area contributed by atoms with Gasteiger partial charge in [0.15, 0.2) is 9.84 Å². The van der Waals surface area contributed by atoms with Crippen molar-refractivity contribution in [2.75, 3.05) is 24.6 Å². The lowest BCUT2D eigenvalue weighted by molar-refractivity contribution is -0.0440. The van der Waals surface area contributed by atoms with E-state index >= 15 is 0 Å². The molecule has 1 aromatic rings. The molecule has 3 atom stereocenters. The van der Waals surface area contributed by atoms with Gasteiger partial charge in [-0.3, -0.25) is 4.79 Å². The lowest BCUT2D eigenvalue weighted by atomic mass is 10.0. The molecule has 0 aromatic heterocycles. The molecule has 1 N–H and O–H groups in total. The number of carbonyl (C=O) groups is 1. The van der Waals surface area contributed by atoms with E-state index in [2.05, 4.69) is 5.32 Å². The summed E-state index contributed by atoms with van der Waals surface area (Å²) in [5.74, 6) is -0.570. The summed E-state index contributed by atoms with van der Waals surface area (Å²) in [5, 5.41) is 2.75. The normalized spacial score (nSPS) is 30.8. The molecule has 0 radical (unpaired) electrons. The summed E-state index contributed by atoms with van der Waals surface area (Å²) < 4.78 is 56.4. The fraction of sp³-hybridized carbons (Fsp3) is 0.611. The molecule has 2 aliphatic rings. The maximum absolute atomic E-state index is 13.0. The van der Waals surface area contributed by atoms with Crippen LogP contribution < -0.4 is 5.32 Å². The van der Waals surface area contributed by atoms with E-state index in [0.29, 0.717) is 6.42 Å². The SMILES string of the molecule is CC1CN(S(=O)(=O)c2cccc(C(=O)NC3(C)CCS(=O)(=O)C3)c2)CC(C)O1. The van der Waals surface area contributed by atoms with Gasteiger partial charge in [0.1, 0.15) is 0 Å². The van der Waals surface area contributed by atoms with E-state index in [1.54, 1.807) is 6.92 Å². The predicted molar refractivity (Wildman–Crippen MR) is 104 cm³/mol. The van der Waals surface area contributed by atoms with Gasteiger partial charge in [0.2, 0.25) is 10.0 Å². The highest BCUT2D eigenvalue weighted by Gasteiger charge is 2.40. The molecular formula is C18H26N2O6S2. The zero-order valence-electron chi connectivity index (χ0n) is 16.2. The van der Waals surface area contributed by atoms with Crippen LogP contribution in [-0.4, -0.2) is 69.4 Å². The van der Waals surface area contributed by atoms with Crippen LogP contribution in [0.2, 0.25) is 0 Å². The van der Waals surface area contributed by atoms with Crippen molar-refractivity contribution in [3.05, 3.63) is 29.8 Å². The first-order chi connectivity index (χ1) is 12.9. The number of morpholine rings is 1. The monoisotopic (exact) mass is 430 g/mol. The summed E-state index contributed by atoms with van der Waals surface area (Å²) in [6, 6.07) is 5.83. The number of hydrogen-bond donors (Lipinski definition) is 1. The maximum Gasteiger partial charge on any atom is 0.251 e. The Kier molecular flexibility index (Phi) is 5.61. The number of rotatable bonds is 4. The average Bonchev–Trinajstić information content (AvgIpc) is 2.87. The molecule has 1 amide bonds. The summed E-state index contributed by atoms with van der Waals surface area (Å²) >= 11 is 0. The lowest BCUT2D eigenvalue weighted by Crippen LogP contribution is -2.48. The van der Waals surface area contributed by atoms with Gasteiger partial charge < -0.3 is 10.1 Å². The van der Waals surface area contributed by atoms with Crippen molar-refractivity contribution in [2.45, 2.75) is 49.8 Å². The summed E-state index contributed by atoms with van der Waals surface area (Å²) in [4.78, 5) is 12.7. The van der Waals surface area contributed by atoms with Gasteiger partial charge >= 0.3 is 0 Å². The van der Waals surface area contributed by atoms with Gasteiger partial charge in [-0.1, -0.05) is 6.07 Å². The first-order valence-corrected chi connectivity index (χ1v) is 12.4. The van der Waals surface area contributed by atoms with Crippen molar-refractivity contribution < 1.29 is 26.4 Å². The molecule has 2 saturated heterocycles.